The Bertz CT molecular complexity index is 252. The van der Waals surface area contributed by atoms with E-state index < -0.39 is 0 Å². The summed E-state index contributed by atoms with van der Waals surface area (Å²) in [7, 11) is 2.92. The standard InChI is InChI=1S/C22H46O.C2H6O2/c1-4-5-6-7-8-9-10-11-12-13-14-15-16-17-18-19-20-22(2,3)21-23;1-3-4-2/h23H,4-21H2,1-3H3;1-2H3. The van der Waals surface area contributed by atoms with Gasteiger partial charge in [0.05, 0.1) is 14.2 Å². The van der Waals surface area contributed by atoms with E-state index in [2.05, 4.69) is 30.5 Å². The molecule has 0 aromatic carbocycles. The number of hydrogen-bond donors (Lipinski definition) is 1. The molecule has 3 nitrogen and oxygen atoms in total. The first-order valence-corrected chi connectivity index (χ1v) is 11.7. The Labute approximate surface area is 171 Å². The minimum atomic E-state index is 0.135. The maximum absolute atomic E-state index is 9.22. The second-order valence-electron chi connectivity index (χ2n) is 8.71. The molecular weight excluding hydrogens is 336 g/mol. The Hall–Kier alpha value is -0.120. The van der Waals surface area contributed by atoms with Crippen molar-refractivity contribution in [3.05, 3.63) is 0 Å². The van der Waals surface area contributed by atoms with E-state index in [0.717, 1.165) is 0 Å². The van der Waals surface area contributed by atoms with Crippen molar-refractivity contribution in [1.29, 1.82) is 0 Å². The van der Waals surface area contributed by atoms with Crippen LogP contribution in [0.3, 0.4) is 0 Å². The summed E-state index contributed by atoms with van der Waals surface area (Å²) in [5, 5.41) is 9.22. The van der Waals surface area contributed by atoms with Crippen molar-refractivity contribution < 1.29 is 14.9 Å². The van der Waals surface area contributed by atoms with Crippen molar-refractivity contribution in [2.75, 3.05) is 20.8 Å². The van der Waals surface area contributed by atoms with Gasteiger partial charge in [-0.1, -0.05) is 124 Å². The summed E-state index contributed by atoms with van der Waals surface area (Å²) < 4.78 is 0. The largest absolute Gasteiger partial charge is 0.396 e. The molecule has 3 heteroatoms. The molecule has 0 bridgehead atoms. The minimum Gasteiger partial charge on any atom is -0.396 e. The van der Waals surface area contributed by atoms with E-state index in [1.165, 1.54) is 123 Å². The number of unbranched alkanes of at least 4 members (excludes halogenated alkanes) is 15. The Kier molecular flexibility index (Phi) is 25.8. The van der Waals surface area contributed by atoms with E-state index in [9.17, 15) is 5.11 Å². The third-order valence-corrected chi connectivity index (χ3v) is 5.30. The lowest BCUT2D eigenvalue weighted by atomic mass is 9.88. The van der Waals surface area contributed by atoms with E-state index in [1.807, 2.05) is 0 Å². The van der Waals surface area contributed by atoms with Crippen LogP contribution < -0.4 is 0 Å². The summed E-state index contributed by atoms with van der Waals surface area (Å²) in [6, 6.07) is 0. The van der Waals surface area contributed by atoms with Gasteiger partial charge in [-0.2, -0.15) is 0 Å². The lowest BCUT2D eigenvalue weighted by Crippen LogP contribution is -2.16. The minimum absolute atomic E-state index is 0.135. The first-order valence-electron chi connectivity index (χ1n) is 11.7. The molecule has 27 heavy (non-hydrogen) atoms. The highest BCUT2D eigenvalue weighted by Gasteiger charge is 2.14. The van der Waals surface area contributed by atoms with Gasteiger partial charge < -0.3 is 5.11 Å². The molecule has 0 spiro atoms. The monoisotopic (exact) mass is 388 g/mol. The van der Waals surface area contributed by atoms with Crippen LogP contribution in [0.25, 0.3) is 0 Å². The second-order valence-corrected chi connectivity index (χ2v) is 8.71. The topological polar surface area (TPSA) is 38.7 Å². The van der Waals surface area contributed by atoms with Gasteiger partial charge in [-0.3, -0.25) is 0 Å². The van der Waals surface area contributed by atoms with Gasteiger partial charge in [-0.25, -0.2) is 9.78 Å². The zero-order chi connectivity index (χ0) is 20.6. The lowest BCUT2D eigenvalue weighted by molar-refractivity contribution is -0.248. The Morgan fingerprint density at radius 1 is 0.556 bits per heavy atom. The maximum Gasteiger partial charge on any atom is 0.0712 e. The van der Waals surface area contributed by atoms with Crippen LogP contribution in [0.5, 0.6) is 0 Å². The van der Waals surface area contributed by atoms with E-state index in [1.54, 1.807) is 0 Å². The molecule has 0 fully saturated rings. The average Bonchev–Trinajstić information content (AvgIpc) is 2.67. The summed E-state index contributed by atoms with van der Waals surface area (Å²) in [5.41, 5.74) is 0.135. The van der Waals surface area contributed by atoms with E-state index in [0.29, 0.717) is 6.61 Å². The first-order chi connectivity index (χ1) is 13.0. The van der Waals surface area contributed by atoms with Crippen LogP contribution in [0.2, 0.25) is 0 Å². The van der Waals surface area contributed by atoms with E-state index >= 15 is 0 Å². The molecule has 0 aliphatic carbocycles. The molecule has 0 unspecified atom stereocenters. The Morgan fingerprint density at radius 2 is 0.852 bits per heavy atom. The number of aliphatic hydroxyl groups excluding tert-OH is 1. The molecule has 0 aromatic heterocycles. The van der Waals surface area contributed by atoms with E-state index in [4.69, 9.17) is 0 Å². The maximum atomic E-state index is 9.22. The van der Waals surface area contributed by atoms with Crippen molar-refractivity contribution in [1.82, 2.24) is 0 Å². The summed E-state index contributed by atoms with van der Waals surface area (Å²) >= 11 is 0. The highest BCUT2D eigenvalue weighted by atomic mass is 17.2. The molecular formula is C24H52O3. The van der Waals surface area contributed by atoms with Gasteiger partial charge in [0.2, 0.25) is 0 Å². The van der Waals surface area contributed by atoms with Crippen LogP contribution in [0, 0.1) is 5.41 Å². The summed E-state index contributed by atoms with van der Waals surface area (Å²) in [6.07, 6.45) is 24.0. The van der Waals surface area contributed by atoms with Gasteiger partial charge >= 0.3 is 0 Å². The molecule has 0 saturated heterocycles. The second kappa shape index (κ2) is 23.9. The van der Waals surface area contributed by atoms with Crippen molar-refractivity contribution >= 4 is 0 Å². The quantitative estimate of drug-likeness (QED) is 0.139. The van der Waals surface area contributed by atoms with Crippen molar-refractivity contribution in [3.63, 3.8) is 0 Å². The molecule has 0 atom stereocenters. The van der Waals surface area contributed by atoms with Gasteiger partial charge in [0.15, 0.2) is 0 Å². The third-order valence-electron chi connectivity index (χ3n) is 5.30. The lowest BCUT2D eigenvalue weighted by Gasteiger charge is -2.20. The van der Waals surface area contributed by atoms with Gasteiger partial charge in [-0.15, -0.1) is 0 Å². The number of aliphatic hydroxyl groups is 1. The molecule has 0 heterocycles. The normalized spacial score (nSPS) is 11.3. The fourth-order valence-electron chi connectivity index (χ4n) is 3.23. The first kappa shape index (κ1) is 29.1. The molecule has 0 aliphatic heterocycles. The number of rotatable bonds is 19. The molecule has 166 valence electrons. The van der Waals surface area contributed by atoms with Crippen LogP contribution >= 0.6 is 0 Å². The molecule has 1 N–H and O–H groups in total. The fourth-order valence-corrected chi connectivity index (χ4v) is 3.23. The molecule has 0 saturated carbocycles. The average molecular weight is 389 g/mol. The van der Waals surface area contributed by atoms with Gasteiger partial charge in [0, 0.05) is 6.61 Å². The summed E-state index contributed by atoms with van der Waals surface area (Å²) in [6.45, 7) is 6.94. The molecule has 0 aromatic rings. The van der Waals surface area contributed by atoms with Gasteiger partial charge in [0.1, 0.15) is 0 Å². The third kappa shape index (κ3) is 28.2. The smallest absolute Gasteiger partial charge is 0.0712 e. The van der Waals surface area contributed by atoms with Crippen molar-refractivity contribution in [2.24, 2.45) is 5.41 Å². The molecule has 0 aliphatic rings. The van der Waals surface area contributed by atoms with Crippen LogP contribution in [0.4, 0.5) is 0 Å². The zero-order valence-electron chi connectivity index (χ0n) is 19.5. The summed E-state index contributed by atoms with van der Waals surface area (Å²) in [5.74, 6) is 0. The van der Waals surface area contributed by atoms with Gasteiger partial charge in [-0.05, 0) is 11.8 Å². The van der Waals surface area contributed by atoms with Crippen LogP contribution in [0.1, 0.15) is 130 Å². The zero-order valence-corrected chi connectivity index (χ0v) is 19.5. The van der Waals surface area contributed by atoms with Crippen LogP contribution in [0.15, 0.2) is 0 Å². The van der Waals surface area contributed by atoms with Crippen molar-refractivity contribution in [3.8, 4) is 0 Å². The highest BCUT2D eigenvalue weighted by Crippen LogP contribution is 2.23. The predicted octanol–water partition coefficient (Wildman–Crippen LogP) is 7.85. The highest BCUT2D eigenvalue weighted by molar-refractivity contribution is 4.66. The van der Waals surface area contributed by atoms with E-state index in [-0.39, 0.29) is 5.41 Å². The van der Waals surface area contributed by atoms with Crippen LogP contribution in [-0.4, -0.2) is 25.9 Å². The Balaban J connectivity index is 0. The SMILES string of the molecule is CCCCCCCCCCCCCCCCCCC(C)(C)CO.COOC. The fraction of sp³-hybridized carbons (Fsp3) is 1.00. The predicted molar refractivity (Wildman–Crippen MR) is 119 cm³/mol. The molecule has 0 radical (unpaired) electrons. The molecule has 0 rings (SSSR count). The number of hydrogen-bond acceptors (Lipinski definition) is 3. The van der Waals surface area contributed by atoms with Crippen LogP contribution in [-0.2, 0) is 9.78 Å². The summed E-state index contributed by atoms with van der Waals surface area (Å²) in [4.78, 5) is 8.08. The van der Waals surface area contributed by atoms with Crippen molar-refractivity contribution in [2.45, 2.75) is 130 Å². The molecule has 0 amide bonds. The van der Waals surface area contributed by atoms with Gasteiger partial charge in [0.25, 0.3) is 0 Å². The Morgan fingerprint density at radius 3 is 1.11 bits per heavy atom.